The number of hydrogen-bond donors (Lipinski definition) is 1. The first-order valence-corrected chi connectivity index (χ1v) is 8.70. The lowest BCUT2D eigenvalue weighted by Crippen LogP contribution is -2.45. The number of amides is 1. The quantitative estimate of drug-likeness (QED) is 0.900. The summed E-state index contributed by atoms with van der Waals surface area (Å²) in [5.74, 6) is 1.45. The van der Waals surface area contributed by atoms with E-state index in [0.29, 0.717) is 29.8 Å². The number of nitrogens with zero attached hydrogens (tertiary/aromatic N) is 5. The maximum atomic E-state index is 12.5. The van der Waals surface area contributed by atoms with Gasteiger partial charge in [0.25, 0.3) is 5.56 Å². The van der Waals surface area contributed by atoms with Gasteiger partial charge in [-0.1, -0.05) is 11.6 Å². The molecule has 4 rings (SSSR count). The zero-order valence-corrected chi connectivity index (χ0v) is 13.9. The van der Waals surface area contributed by atoms with Gasteiger partial charge in [0.05, 0.1) is 0 Å². The minimum absolute atomic E-state index is 0.249. The number of carbonyl (C=O) groups is 1. The number of aryl methyl sites for hydroxylation is 1. The van der Waals surface area contributed by atoms with Crippen LogP contribution >= 0.6 is 0 Å². The normalized spacial score (nSPS) is 21.9. The molecule has 1 amide bonds. The van der Waals surface area contributed by atoms with Crippen molar-refractivity contribution in [3.8, 4) is 0 Å². The van der Waals surface area contributed by atoms with E-state index < -0.39 is 0 Å². The van der Waals surface area contributed by atoms with Gasteiger partial charge in [0.1, 0.15) is 5.82 Å². The number of piperidine rings is 1. The van der Waals surface area contributed by atoms with Gasteiger partial charge in [0, 0.05) is 25.6 Å². The summed E-state index contributed by atoms with van der Waals surface area (Å²) in [7, 11) is 0. The van der Waals surface area contributed by atoms with Gasteiger partial charge in [-0.05, 0) is 38.5 Å². The second-order valence-electron chi connectivity index (χ2n) is 7.02. The van der Waals surface area contributed by atoms with Crippen molar-refractivity contribution in [2.24, 2.45) is 11.8 Å². The van der Waals surface area contributed by atoms with E-state index in [9.17, 15) is 9.59 Å². The zero-order chi connectivity index (χ0) is 16.7. The van der Waals surface area contributed by atoms with E-state index in [1.807, 2.05) is 4.90 Å². The van der Waals surface area contributed by atoms with Gasteiger partial charge >= 0.3 is 0 Å². The molecule has 0 radical (unpaired) electrons. The number of carbonyl (C=O) groups excluding carboxylic acids is 1. The molecule has 2 aromatic heterocycles. The molecule has 1 aliphatic heterocycles. The second-order valence-corrected chi connectivity index (χ2v) is 7.02. The minimum atomic E-state index is -0.255. The first kappa shape index (κ1) is 15.3. The first-order valence-electron chi connectivity index (χ1n) is 8.70. The second kappa shape index (κ2) is 5.99. The van der Waals surface area contributed by atoms with Gasteiger partial charge in [-0.3, -0.25) is 9.59 Å². The molecular formula is C16H22N6O2. The van der Waals surface area contributed by atoms with Crippen molar-refractivity contribution < 1.29 is 4.79 Å². The molecule has 3 heterocycles. The number of aromatic amines is 1. The highest BCUT2D eigenvalue weighted by atomic mass is 16.2. The fourth-order valence-electron chi connectivity index (χ4n) is 3.67. The van der Waals surface area contributed by atoms with Crippen molar-refractivity contribution in [3.63, 3.8) is 0 Å². The van der Waals surface area contributed by atoms with Gasteiger partial charge in [-0.25, -0.2) is 9.67 Å². The highest BCUT2D eigenvalue weighted by Crippen LogP contribution is 2.30. The van der Waals surface area contributed by atoms with Gasteiger partial charge in [0.15, 0.2) is 11.2 Å². The Kier molecular flexibility index (Phi) is 3.82. The zero-order valence-electron chi connectivity index (χ0n) is 13.9. The monoisotopic (exact) mass is 330 g/mol. The average molecular weight is 330 g/mol. The molecule has 0 bridgehead atoms. The van der Waals surface area contributed by atoms with E-state index in [4.69, 9.17) is 0 Å². The number of likely N-dealkylation sites (tertiary alicyclic amines) is 1. The Bertz CT molecular complexity index is 822. The molecule has 1 aliphatic carbocycles. The molecule has 1 saturated heterocycles. The lowest BCUT2D eigenvalue weighted by Gasteiger charge is -2.37. The van der Waals surface area contributed by atoms with Crippen molar-refractivity contribution in [2.45, 2.75) is 45.6 Å². The molecule has 1 N–H and O–H groups in total. The number of hydrogen-bond acceptors (Lipinski definition) is 5. The van der Waals surface area contributed by atoms with E-state index in [1.165, 1.54) is 6.42 Å². The molecule has 128 valence electrons. The summed E-state index contributed by atoms with van der Waals surface area (Å²) in [5.41, 5.74) is 0.548. The summed E-state index contributed by atoms with van der Waals surface area (Å²) in [6.07, 6.45) is 5.33. The molecule has 0 aromatic carbocycles. The van der Waals surface area contributed by atoms with Crippen molar-refractivity contribution in [3.05, 3.63) is 16.2 Å². The summed E-state index contributed by atoms with van der Waals surface area (Å²) >= 11 is 0. The molecule has 1 saturated carbocycles. The van der Waals surface area contributed by atoms with E-state index in [2.05, 4.69) is 20.3 Å². The van der Waals surface area contributed by atoms with Crippen LogP contribution in [0.5, 0.6) is 0 Å². The van der Waals surface area contributed by atoms with Crippen molar-refractivity contribution >= 4 is 17.1 Å². The van der Waals surface area contributed by atoms with Crippen LogP contribution in [-0.4, -0.2) is 48.9 Å². The van der Waals surface area contributed by atoms with Crippen LogP contribution in [0.4, 0.5) is 0 Å². The van der Waals surface area contributed by atoms with Gasteiger partial charge in [-0.2, -0.15) is 0 Å². The molecule has 8 heteroatoms. The van der Waals surface area contributed by atoms with E-state index in [0.717, 1.165) is 38.8 Å². The van der Waals surface area contributed by atoms with Crippen molar-refractivity contribution in [1.82, 2.24) is 29.9 Å². The third-order valence-electron chi connectivity index (χ3n) is 5.21. The number of fused-ring (bicyclic) bond motifs is 1. The summed E-state index contributed by atoms with van der Waals surface area (Å²) in [6.45, 7) is 4.01. The Morgan fingerprint density at radius 3 is 2.88 bits per heavy atom. The largest absolute Gasteiger partial charge is 0.342 e. The van der Waals surface area contributed by atoms with E-state index in [-0.39, 0.29) is 17.0 Å². The van der Waals surface area contributed by atoms with Gasteiger partial charge < -0.3 is 9.88 Å². The highest BCUT2D eigenvalue weighted by molar-refractivity contribution is 5.79. The predicted octanol–water partition coefficient (Wildman–Crippen LogP) is 0.862. The van der Waals surface area contributed by atoms with Gasteiger partial charge in [0.2, 0.25) is 5.91 Å². The lowest BCUT2D eigenvalue weighted by molar-refractivity contribution is -0.140. The Morgan fingerprint density at radius 1 is 1.29 bits per heavy atom. The van der Waals surface area contributed by atoms with Crippen LogP contribution in [0.2, 0.25) is 0 Å². The molecule has 2 aromatic rings. The van der Waals surface area contributed by atoms with Crippen LogP contribution in [0, 0.1) is 18.8 Å². The number of rotatable bonds is 3. The SMILES string of the molecule is Cc1nc2c(nnn2C[C@@H]2CCCN(C(=O)C3CCC3)C2)c(=O)[nH]1. The average Bonchev–Trinajstić information content (AvgIpc) is 2.89. The maximum absolute atomic E-state index is 12.5. The molecular weight excluding hydrogens is 308 g/mol. The number of aromatic nitrogens is 5. The number of H-pyrrole nitrogens is 1. The molecule has 0 spiro atoms. The third kappa shape index (κ3) is 2.70. The van der Waals surface area contributed by atoms with Crippen LogP contribution < -0.4 is 5.56 Å². The molecule has 2 aliphatic rings. The Hall–Kier alpha value is -2.25. The predicted molar refractivity (Wildman–Crippen MR) is 87.3 cm³/mol. The molecule has 0 unspecified atom stereocenters. The van der Waals surface area contributed by atoms with Crippen LogP contribution in [0.25, 0.3) is 11.2 Å². The van der Waals surface area contributed by atoms with Crippen LogP contribution in [-0.2, 0) is 11.3 Å². The van der Waals surface area contributed by atoms with Crippen molar-refractivity contribution in [2.75, 3.05) is 13.1 Å². The molecule has 8 nitrogen and oxygen atoms in total. The van der Waals surface area contributed by atoms with E-state index in [1.54, 1.807) is 11.6 Å². The standard InChI is InChI=1S/C16H22N6O2/c1-10-17-14-13(15(23)18-10)19-20-22(14)9-11-4-3-7-21(8-11)16(24)12-5-2-6-12/h11-12H,2-9H2,1H3,(H,17,18,23)/t11-/m1/s1. The summed E-state index contributed by atoms with van der Waals surface area (Å²) < 4.78 is 1.71. The topological polar surface area (TPSA) is 96.8 Å². The van der Waals surface area contributed by atoms with Crippen LogP contribution in [0.1, 0.15) is 37.9 Å². The van der Waals surface area contributed by atoms with E-state index >= 15 is 0 Å². The lowest BCUT2D eigenvalue weighted by atomic mass is 9.83. The summed E-state index contributed by atoms with van der Waals surface area (Å²) in [6, 6.07) is 0. The third-order valence-corrected chi connectivity index (χ3v) is 5.21. The fourth-order valence-corrected chi connectivity index (χ4v) is 3.67. The van der Waals surface area contributed by atoms with Crippen LogP contribution in [0.15, 0.2) is 4.79 Å². The molecule has 1 atom stereocenters. The maximum Gasteiger partial charge on any atom is 0.281 e. The smallest absolute Gasteiger partial charge is 0.281 e. The van der Waals surface area contributed by atoms with Crippen molar-refractivity contribution in [1.29, 1.82) is 0 Å². The molecule has 24 heavy (non-hydrogen) atoms. The Morgan fingerprint density at radius 2 is 2.12 bits per heavy atom. The summed E-state index contributed by atoms with van der Waals surface area (Å²) in [5, 5.41) is 8.06. The molecule has 2 fully saturated rings. The summed E-state index contributed by atoms with van der Waals surface area (Å²) in [4.78, 5) is 33.4. The number of nitrogens with one attached hydrogen (secondary N) is 1. The highest BCUT2D eigenvalue weighted by Gasteiger charge is 2.32. The van der Waals surface area contributed by atoms with Crippen LogP contribution in [0.3, 0.4) is 0 Å². The Labute approximate surface area is 139 Å². The Balaban J connectivity index is 1.50. The first-order chi connectivity index (χ1) is 11.6. The minimum Gasteiger partial charge on any atom is -0.342 e. The van der Waals surface area contributed by atoms with Gasteiger partial charge in [-0.15, -0.1) is 5.10 Å². The fraction of sp³-hybridized carbons (Fsp3) is 0.688.